The Morgan fingerprint density at radius 3 is 1.73 bits per heavy atom. The van der Waals surface area contributed by atoms with E-state index in [1.165, 1.54) is 0 Å². The van der Waals surface area contributed by atoms with Crippen LogP contribution in [0.25, 0.3) is 12.2 Å². The Hall–Kier alpha value is -2.79. The first-order valence-electron chi connectivity index (χ1n) is 6.64. The van der Waals surface area contributed by atoms with Gasteiger partial charge in [-0.2, -0.15) is 0 Å². The van der Waals surface area contributed by atoms with E-state index in [-0.39, 0.29) is 13.4 Å². The largest absolute Gasteiger partial charge is 0.482 e. The number of aliphatic hydroxyl groups is 1. The molecule has 0 aliphatic heterocycles. The molecule has 2 aromatic rings. The van der Waals surface area contributed by atoms with Crippen LogP contribution in [0.2, 0.25) is 0 Å². The number of ether oxygens (including phenoxy) is 2. The van der Waals surface area contributed by atoms with Crippen LogP contribution in [0.1, 0.15) is 11.1 Å². The zero-order valence-electron chi connectivity index (χ0n) is 11.8. The number of carboxylic acids is 1. The van der Waals surface area contributed by atoms with Crippen molar-refractivity contribution in [2.75, 3.05) is 13.4 Å². The Kier molecular flexibility index (Phi) is 5.57. The van der Waals surface area contributed by atoms with Gasteiger partial charge in [0.15, 0.2) is 13.4 Å². The van der Waals surface area contributed by atoms with E-state index < -0.39 is 5.97 Å². The first kappa shape index (κ1) is 15.6. The zero-order chi connectivity index (χ0) is 15.8. The highest BCUT2D eigenvalue weighted by molar-refractivity contribution is 5.70. The first-order chi connectivity index (χ1) is 10.7. The molecule has 2 aromatic carbocycles. The number of hydrogen-bond donors (Lipinski definition) is 2. The molecule has 0 fully saturated rings. The number of hydrogen-bond acceptors (Lipinski definition) is 4. The third kappa shape index (κ3) is 4.96. The molecule has 0 radical (unpaired) electrons. The van der Waals surface area contributed by atoms with E-state index in [0.717, 1.165) is 11.1 Å². The van der Waals surface area contributed by atoms with E-state index in [1.54, 1.807) is 24.3 Å². The molecule has 0 saturated carbocycles. The molecular formula is C17H16O5. The Morgan fingerprint density at radius 2 is 1.32 bits per heavy atom. The van der Waals surface area contributed by atoms with Gasteiger partial charge in [-0.15, -0.1) is 0 Å². The molecule has 0 amide bonds. The molecule has 114 valence electrons. The molecule has 0 saturated heterocycles. The smallest absolute Gasteiger partial charge is 0.341 e. The Morgan fingerprint density at radius 1 is 0.864 bits per heavy atom. The predicted molar refractivity (Wildman–Crippen MR) is 82.7 cm³/mol. The van der Waals surface area contributed by atoms with Crippen LogP contribution < -0.4 is 9.47 Å². The van der Waals surface area contributed by atoms with Crippen molar-refractivity contribution in [1.29, 1.82) is 0 Å². The molecule has 0 heterocycles. The van der Waals surface area contributed by atoms with Crippen LogP contribution in [0, 0.1) is 0 Å². The topological polar surface area (TPSA) is 76.0 Å². The van der Waals surface area contributed by atoms with Crippen molar-refractivity contribution < 1.29 is 24.5 Å². The van der Waals surface area contributed by atoms with Crippen molar-refractivity contribution in [2.45, 2.75) is 0 Å². The highest BCUT2D eigenvalue weighted by Crippen LogP contribution is 2.16. The summed E-state index contributed by atoms with van der Waals surface area (Å²) in [5.41, 5.74) is 1.97. The summed E-state index contributed by atoms with van der Waals surface area (Å²) < 4.78 is 10.0. The highest BCUT2D eigenvalue weighted by atomic mass is 16.6. The zero-order valence-corrected chi connectivity index (χ0v) is 11.8. The Balaban J connectivity index is 1.96. The fraction of sp³-hybridized carbons (Fsp3) is 0.118. The molecule has 0 spiro atoms. The lowest BCUT2D eigenvalue weighted by Crippen LogP contribution is -2.09. The maximum Gasteiger partial charge on any atom is 0.341 e. The molecule has 2 rings (SSSR count). The maximum atomic E-state index is 10.4. The van der Waals surface area contributed by atoms with Crippen LogP contribution in [0.3, 0.4) is 0 Å². The molecule has 5 nitrogen and oxygen atoms in total. The highest BCUT2D eigenvalue weighted by Gasteiger charge is 1.98. The summed E-state index contributed by atoms with van der Waals surface area (Å²) in [7, 11) is 0. The third-order valence-corrected chi connectivity index (χ3v) is 2.82. The van der Waals surface area contributed by atoms with Gasteiger partial charge in [-0.1, -0.05) is 36.4 Å². The number of aliphatic carboxylic acids is 1. The summed E-state index contributed by atoms with van der Waals surface area (Å²) in [6, 6.07) is 14.4. The monoisotopic (exact) mass is 300 g/mol. The van der Waals surface area contributed by atoms with E-state index in [9.17, 15) is 4.79 Å². The van der Waals surface area contributed by atoms with Gasteiger partial charge in [0.1, 0.15) is 11.5 Å². The third-order valence-electron chi connectivity index (χ3n) is 2.82. The van der Waals surface area contributed by atoms with Crippen LogP contribution >= 0.6 is 0 Å². The Bertz CT molecular complexity index is 629. The number of rotatable bonds is 7. The lowest BCUT2D eigenvalue weighted by molar-refractivity contribution is -0.139. The summed E-state index contributed by atoms with van der Waals surface area (Å²) in [6.07, 6.45) is 3.87. The fourth-order valence-corrected chi connectivity index (χ4v) is 1.76. The quantitative estimate of drug-likeness (QED) is 0.607. The summed E-state index contributed by atoms with van der Waals surface area (Å²) in [4.78, 5) is 10.4. The van der Waals surface area contributed by atoms with E-state index in [4.69, 9.17) is 19.7 Å². The normalized spacial score (nSPS) is 10.6. The van der Waals surface area contributed by atoms with E-state index in [1.807, 2.05) is 36.4 Å². The van der Waals surface area contributed by atoms with Crippen LogP contribution in [0.5, 0.6) is 11.5 Å². The fourth-order valence-electron chi connectivity index (χ4n) is 1.76. The van der Waals surface area contributed by atoms with Gasteiger partial charge in [0.25, 0.3) is 0 Å². The summed E-state index contributed by atoms with van der Waals surface area (Å²) in [5.74, 6) is 0.127. The van der Waals surface area contributed by atoms with Crippen molar-refractivity contribution in [3.63, 3.8) is 0 Å². The second-order valence-corrected chi connectivity index (χ2v) is 4.43. The summed E-state index contributed by atoms with van der Waals surface area (Å²) in [5, 5.41) is 17.2. The van der Waals surface area contributed by atoms with Crippen molar-refractivity contribution in [3.8, 4) is 11.5 Å². The Labute approximate surface area is 128 Å². The van der Waals surface area contributed by atoms with Crippen LogP contribution in [-0.4, -0.2) is 29.6 Å². The van der Waals surface area contributed by atoms with Gasteiger partial charge in [-0.3, -0.25) is 0 Å². The van der Waals surface area contributed by atoms with E-state index in [2.05, 4.69) is 0 Å². The molecule has 0 atom stereocenters. The average molecular weight is 300 g/mol. The van der Waals surface area contributed by atoms with Gasteiger partial charge in [-0.25, -0.2) is 4.79 Å². The number of carbonyl (C=O) groups is 1. The molecule has 0 unspecified atom stereocenters. The molecule has 2 N–H and O–H groups in total. The molecule has 0 bridgehead atoms. The summed E-state index contributed by atoms with van der Waals surface area (Å²) >= 11 is 0. The van der Waals surface area contributed by atoms with Crippen LogP contribution in [-0.2, 0) is 4.79 Å². The van der Waals surface area contributed by atoms with Gasteiger partial charge in [0.2, 0.25) is 0 Å². The summed E-state index contributed by atoms with van der Waals surface area (Å²) in [6.45, 7) is -0.692. The second-order valence-electron chi connectivity index (χ2n) is 4.43. The second kappa shape index (κ2) is 7.85. The molecular weight excluding hydrogens is 284 g/mol. The van der Waals surface area contributed by atoms with E-state index >= 15 is 0 Å². The molecule has 0 aromatic heterocycles. The van der Waals surface area contributed by atoms with Crippen molar-refractivity contribution >= 4 is 18.1 Å². The van der Waals surface area contributed by atoms with Crippen molar-refractivity contribution in [2.24, 2.45) is 0 Å². The van der Waals surface area contributed by atoms with Crippen molar-refractivity contribution in [3.05, 3.63) is 59.7 Å². The SMILES string of the molecule is O=C(O)COc1ccc(/C=C/c2ccc(OCO)cc2)cc1. The minimum atomic E-state index is -1.00. The number of carboxylic acid groups (broad SMARTS) is 1. The van der Waals surface area contributed by atoms with Gasteiger partial charge in [0, 0.05) is 0 Å². The lowest BCUT2D eigenvalue weighted by Gasteiger charge is -2.03. The number of benzene rings is 2. The lowest BCUT2D eigenvalue weighted by atomic mass is 10.1. The van der Waals surface area contributed by atoms with Crippen LogP contribution in [0.15, 0.2) is 48.5 Å². The molecule has 5 heteroatoms. The van der Waals surface area contributed by atoms with E-state index in [0.29, 0.717) is 11.5 Å². The van der Waals surface area contributed by atoms with Gasteiger partial charge >= 0.3 is 5.97 Å². The minimum absolute atomic E-state index is 0.342. The minimum Gasteiger partial charge on any atom is -0.482 e. The average Bonchev–Trinajstić information content (AvgIpc) is 2.53. The number of aliphatic hydroxyl groups excluding tert-OH is 1. The van der Waals surface area contributed by atoms with Crippen molar-refractivity contribution in [1.82, 2.24) is 0 Å². The van der Waals surface area contributed by atoms with Gasteiger partial charge < -0.3 is 19.7 Å². The maximum absolute atomic E-state index is 10.4. The van der Waals surface area contributed by atoms with Gasteiger partial charge in [0.05, 0.1) is 0 Å². The standard InChI is InChI=1S/C17H16O5/c18-12-22-16-9-5-14(6-10-16)2-1-13-3-7-15(8-4-13)21-11-17(19)20/h1-10,18H,11-12H2,(H,19,20)/b2-1+. The molecule has 0 aliphatic rings. The molecule has 0 aliphatic carbocycles. The molecule has 22 heavy (non-hydrogen) atoms. The van der Waals surface area contributed by atoms with Gasteiger partial charge in [-0.05, 0) is 35.4 Å². The van der Waals surface area contributed by atoms with Crippen LogP contribution in [0.4, 0.5) is 0 Å². The predicted octanol–water partition coefficient (Wildman–Crippen LogP) is 2.65. The first-order valence-corrected chi connectivity index (χ1v) is 6.64.